The third-order valence-electron chi connectivity index (χ3n) is 6.10. The number of fused-ring (bicyclic) bond motifs is 3. The molecule has 0 saturated carbocycles. The van der Waals surface area contributed by atoms with Crippen molar-refractivity contribution in [3.63, 3.8) is 0 Å². The van der Waals surface area contributed by atoms with Crippen molar-refractivity contribution in [3.8, 4) is 0 Å². The molecular formula is C27H26N2O5. The summed E-state index contributed by atoms with van der Waals surface area (Å²) in [5.41, 5.74) is 5.13. The molecule has 2 aliphatic rings. The molecular weight excluding hydrogens is 432 g/mol. The molecule has 1 N–H and O–H groups in total. The Balaban J connectivity index is 1.41. The van der Waals surface area contributed by atoms with E-state index in [0.717, 1.165) is 27.6 Å². The molecule has 0 radical (unpaired) electrons. The van der Waals surface area contributed by atoms with Gasteiger partial charge in [-0.25, -0.2) is 4.79 Å². The van der Waals surface area contributed by atoms with Crippen LogP contribution in [0.4, 0.5) is 0 Å². The number of hydrogen-bond acceptors (Lipinski definition) is 5. The van der Waals surface area contributed by atoms with Gasteiger partial charge in [0.15, 0.2) is 0 Å². The van der Waals surface area contributed by atoms with Crippen LogP contribution in [0.15, 0.2) is 66.8 Å². The molecule has 3 heterocycles. The highest BCUT2D eigenvalue weighted by atomic mass is 16.7. The minimum atomic E-state index is -0.568. The molecule has 34 heavy (non-hydrogen) atoms. The molecule has 0 fully saturated rings. The Labute approximate surface area is 197 Å². The first kappa shape index (κ1) is 21.8. The summed E-state index contributed by atoms with van der Waals surface area (Å²) in [5, 5.41) is 1.04. The average Bonchev–Trinajstić information content (AvgIpc) is 3.40. The molecule has 0 aliphatic carbocycles. The van der Waals surface area contributed by atoms with Crippen molar-refractivity contribution in [2.45, 2.75) is 33.0 Å². The first-order valence-corrected chi connectivity index (χ1v) is 11.4. The normalized spacial score (nSPS) is 17.2. The molecule has 1 amide bonds. The van der Waals surface area contributed by atoms with Crippen LogP contribution in [0.25, 0.3) is 16.5 Å². The number of benzene rings is 2. The minimum absolute atomic E-state index is 0.117. The Bertz CT molecular complexity index is 1310. The van der Waals surface area contributed by atoms with Crippen molar-refractivity contribution in [2.24, 2.45) is 0 Å². The van der Waals surface area contributed by atoms with E-state index in [1.54, 1.807) is 13.1 Å². The predicted molar refractivity (Wildman–Crippen MR) is 127 cm³/mol. The van der Waals surface area contributed by atoms with Gasteiger partial charge in [-0.3, -0.25) is 4.79 Å². The minimum Gasteiger partial charge on any atom is -0.462 e. The monoisotopic (exact) mass is 458 g/mol. The number of H-pyrrole nitrogens is 1. The fraction of sp³-hybridized carbons (Fsp3) is 0.259. The quantitative estimate of drug-likeness (QED) is 0.579. The summed E-state index contributed by atoms with van der Waals surface area (Å²) in [6, 6.07) is 15.9. The Hall–Kier alpha value is -4.00. The second-order valence-corrected chi connectivity index (χ2v) is 8.34. The van der Waals surface area contributed by atoms with E-state index in [4.69, 9.17) is 14.2 Å². The molecule has 2 aliphatic heterocycles. The number of carbonyl (C=O) groups is 2. The highest BCUT2D eigenvalue weighted by Gasteiger charge is 2.32. The maximum absolute atomic E-state index is 13.3. The summed E-state index contributed by atoms with van der Waals surface area (Å²) in [6.07, 6.45) is 3.45. The molecule has 0 bridgehead atoms. The maximum Gasteiger partial charge on any atom is 0.341 e. The molecule has 0 saturated heterocycles. The first-order valence-electron chi connectivity index (χ1n) is 11.4. The second-order valence-electron chi connectivity index (χ2n) is 8.34. The zero-order valence-corrected chi connectivity index (χ0v) is 19.2. The number of nitrogens with zero attached hydrogens (tertiary/aromatic N) is 1. The highest BCUT2D eigenvalue weighted by molar-refractivity contribution is 6.18. The van der Waals surface area contributed by atoms with Gasteiger partial charge in [0.25, 0.3) is 5.91 Å². The van der Waals surface area contributed by atoms with E-state index in [1.165, 1.54) is 11.2 Å². The molecule has 1 unspecified atom stereocenters. The SMILES string of the molecule is CCOC(=O)C1=CN(C(=O)C2=COC(Cc3ccccc3)O2)CCc2c1[nH]c1c(C)cccc21. The van der Waals surface area contributed by atoms with Crippen LogP contribution in [0.3, 0.4) is 0 Å². The van der Waals surface area contributed by atoms with Crippen LogP contribution in [-0.2, 0) is 36.6 Å². The molecule has 0 spiro atoms. The number of ether oxygens (including phenoxy) is 3. The number of amides is 1. The number of esters is 1. The number of aromatic nitrogens is 1. The Morgan fingerprint density at radius 3 is 2.76 bits per heavy atom. The van der Waals surface area contributed by atoms with E-state index >= 15 is 0 Å². The van der Waals surface area contributed by atoms with E-state index < -0.39 is 12.3 Å². The largest absolute Gasteiger partial charge is 0.462 e. The van der Waals surface area contributed by atoms with E-state index in [2.05, 4.69) is 4.98 Å². The Morgan fingerprint density at radius 2 is 1.97 bits per heavy atom. The number of para-hydroxylation sites is 1. The molecule has 2 aromatic carbocycles. The zero-order chi connectivity index (χ0) is 23.7. The lowest BCUT2D eigenvalue weighted by Gasteiger charge is -2.18. The van der Waals surface area contributed by atoms with Gasteiger partial charge in [-0.05, 0) is 37.0 Å². The van der Waals surface area contributed by atoms with Crippen molar-refractivity contribution >= 4 is 28.4 Å². The first-order chi connectivity index (χ1) is 16.5. The predicted octanol–water partition coefficient (Wildman–Crippen LogP) is 4.22. The number of hydrogen-bond donors (Lipinski definition) is 1. The number of rotatable bonds is 5. The van der Waals surface area contributed by atoms with E-state index in [9.17, 15) is 9.59 Å². The number of aryl methyl sites for hydroxylation is 1. The summed E-state index contributed by atoms with van der Waals surface area (Å²) >= 11 is 0. The lowest BCUT2D eigenvalue weighted by atomic mass is 10.0. The van der Waals surface area contributed by atoms with Crippen LogP contribution in [0.2, 0.25) is 0 Å². The van der Waals surface area contributed by atoms with E-state index in [1.807, 2.05) is 55.5 Å². The molecule has 1 aromatic heterocycles. The maximum atomic E-state index is 13.3. The van der Waals surface area contributed by atoms with Gasteiger partial charge in [0.1, 0.15) is 6.26 Å². The standard InChI is InChI=1S/C27H26N2O5/c1-3-32-27(31)21-15-29(13-12-20-19-11-7-8-17(2)24(19)28-25(20)21)26(30)22-16-33-23(34-22)14-18-9-5-4-6-10-18/h4-11,15-16,23,28H,3,12-14H2,1-2H3. The molecule has 3 aromatic rings. The van der Waals surface area contributed by atoms with Gasteiger partial charge in [0, 0.05) is 30.1 Å². The van der Waals surface area contributed by atoms with Gasteiger partial charge < -0.3 is 24.1 Å². The second kappa shape index (κ2) is 9.09. The van der Waals surface area contributed by atoms with Gasteiger partial charge in [-0.1, -0.05) is 48.5 Å². The van der Waals surface area contributed by atoms with Gasteiger partial charge in [0.2, 0.25) is 12.0 Å². The van der Waals surface area contributed by atoms with Crippen molar-refractivity contribution < 1.29 is 23.8 Å². The highest BCUT2D eigenvalue weighted by Crippen LogP contribution is 2.33. The van der Waals surface area contributed by atoms with Gasteiger partial charge in [-0.2, -0.15) is 0 Å². The fourth-order valence-electron chi connectivity index (χ4n) is 4.42. The summed E-state index contributed by atoms with van der Waals surface area (Å²) in [5.74, 6) is -0.721. The third-order valence-corrected chi connectivity index (χ3v) is 6.10. The van der Waals surface area contributed by atoms with Crippen LogP contribution in [0.5, 0.6) is 0 Å². The molecule has 174 valence electrons. The summed E-state index contributed by atoms with van der Waals surface area (Å²) < 4.78 is 16.7. The number of nitrogens with one attached hydrogen (secondary N) is 1. The van der Waals surface area contributed by atoms with Crippen LogP contribution < -0.4 is 0 Å². The molecule has 1 atom stereocenters. The number of carbonyl (C=O) groups excluding carboxylic acids is 2. The van der Waals surface area contributed by atoms with E-state index in [-0.39, 0.29) is 18.3 Å². The Kier molecular flexibility index (Phi) is 5.84. The topological polar surface area (TPSA) is 80.9 Å². The summed E-state index contributed by atoms with van der Waals surface area (Å²) in [6.45, 7) is 4.41. The van der Waals surface area contributed by atoms with Crippen LogP contribution >= 0.6 is 0 Å². The van der Waals surface area contributed by atoms with Crippen molar-refractivity contribution in [1.82, 2.24) is 9.88 Å². The van der Waals surface area contributed by atoms with Crippen molar-refractivity contribution in [3.05, 3.63) is 89.1 Å². The van der Waals surface area contributed by atoms with Gasteiger partial charge in [0.05, 0.1) is 17.9 Å². The van der Waals surface area contributed by atoms with Crippen LogP contribution in [-0.4, -0.2) is 41.2 Å². The third kappa shape index (κ3) is 4.05. The fourth-order valence-corrected chi connectivity index (χ4v) is 4.42. The van der Waals surface area contributed by atoms with E-state index in [0.29, 0.717) is 30.7 Å². The Morgan fingerprint density at radius 1 is 1.15 bits per heavy atom. The summed E-state index contributed by atoms with van der Waals surface area (Å²) in [4.78, 5) is 31.1. The smallest absolute Gasteiger partial charge is 0.341 e. The molecule has 7 heteroatoms. The summed E-state index contributed by atoms with van der Waals surface area (Å²) in [7, 11) is 0. The zero-order valence-electron chi connectivity index (χ0n) is 19.2. The van der Waals surface area contributed by atoms with Gasteiger partial charge >= 0.3 is 5.97 Å². The van der Waals surface area contributed by atoms with Crippen molar-refractivity contribution in [2.75, 3.05) is 13.2 Å². The van der Waals surface area contributed by atoms with Crippen molar-refractivity contribution in [1.29, 1.82) is 0 Å². The average molecular weight is 459 g/mol. The van der Waals surface area contributed by atoms with Gasteiger partial charge in [-0.15, -0.1) is 0 Å². The number of aromatic amines is 1. The van der Waals surface area contributed by atoms with Crippen LogP contribution in [0, 0.1) is 6.92 Å². The lowest BCUT2D eigenvalue weighted by molar-refractivity contribution is -0.136. The molecule has 5 rings (SSSR count). The van der Waals surface area contributed by atoms with Crippen LogP contribution in [0.1, 0.15) is 29.3 Å². The lowest BCUT2D eigenvalue weighted by Crippen LogP contribution is -2.30. The molecule has 7 nitrogen and oxygen atoms in total.